The predicted octanol–water partition coefficient (Wildman–Crippen LogP) is 5.27. The molecule has 1 fully saturated rings. The largest absolute Gasteiger partial charge is 0.440 e. The highest BCUT2D eigenvalue weighted by atomic mass is 16.4. The van der Waals surface area contributed by atoms with Crippen molar-refractivity contribution < 1.29 is 9.21 Å². The van der Waals surface area contributed by atoms with E-state index < -0.39 is 0 Å². The quantitative estimate of drug-likeness (QED) is 0.528. The van der Waals surface area contributed by atoms with Gasteiger partial charge in [0.1, 0.15) is 0 Å². The van der Waals surface area contributed by atoms with E-state index in [9.17, 15) is 4.79 Å². The first-order valence-electron chi connectivity index (χ1n) is 11.7. The maximum Gasteiger partial charge on any atom is 0.220 e. The minimum atomic E-state index is 0.0169. The van der Waals surface area contributed by atoms with Gasteiger partial charge in [0.2, 0.25) is 5.91 Å². The van der Waals surface area contributed by atoms with Gasteiger partial charge in [-0.3, -0.25) is 9.69 Å². The Bertz CT molecular complexity index is 1030. The van der Waals surface area contributed by atoms with Crippen LogP contribution in [0.3, 0.4) is 0 Å². The monoisotopic (exact) mass is 431 g/mol. The molecule has 0 saturated carbocycles. The summed E-state index contributed by atoms with van der Waals surface area (Å²) >= 11 is 0. The molecule has 0 aliphatic carbocycles. The van der Waals surface area contributed by atoms with Gasteiger partial charge in [-0.2, -0.15) is 0 Å². The maximum atomic E-state index is 12.5. The van der Waals surface area contributed by atoms with Gasteiger partial charge in [0.25, 0.3) is 0 Å². The van der Waals surface area contributed by atoms with Gasteiger partial charge >= 0.3 is 0 Å². The average Bonchev–Trinajstić information content (AvgIpc) is 3.19. The van der Waals surface area contributed by atoms with Crippen LogP contribution in [-0.2, 0) is 24.3 Å². The van der Waals surface area contributed by atoms with E-state index in [0.29, 0.717) is 31.3 Å². The minimum absolute atomic E-state index is 0.0169. The van der Waals surface area contributed by atoms with Crippen LogP contribution in [0.2, 0.25) is 0 Å². The lowest BCUT2D eigenvalue weighted by Gasteiger charge is -2.33. The molecule has 0 bridgehead atoms. The molecular weight excluding hydrogens is 398 g/mol. The third-order valence-electron chi connectivity index (χ3n) is 6.35. The SMILES string of the molecule is Cc1nc(CCC(=O)NCc2ccccc2CN2CCCCC2C)oc1-c1ccccc1. The van der Waals surface area contributed by atoms with Crippen molar-refractivity contribution in [3.63, 3.8) is 0 Å². The molecule has 2 aromatic carbocycles. The fourth-order valence-electron chi connectivity index (χ4n) is 4.41. The zero-order valence-corrected chi connectivity index (χ0v) is 19.1. The van der Waals surface area contributed by atoms with E-state index in [1.807, 2.05) is 43.3 Å². The summed E-state index contributed by atoms with van der Waals surface area (Å²) in [5.41, 5.74) is 4.36. The number of hydrogen-bond acceptors (Lipinski definition) is 4. The van der Waals surface area contributed by atoms with Crippen molar-refractivity contribution >= 4 is 5.91 Å². The summed E-state index contributed by atoms with van der Waals surface area (Å²) in [6, 6.07) is 19.0. The van der Waals surface area contributed by atoms with Crippen LogP contribution in [0.4, 0.5) is 0 Å². The summed E-state index contributed by atoms with van der Waals surface area (Å²) in [7, 11) is 0. The Morgan fingerprint density at radius 3 is 2.62 bits per heavy atom. The fourth-order valence-corrected chi connectivity index (χ4v) is 4.41. The third kappa shape index (κ3) is 5.65. The van der Waals surface area contributed by atoms with Gasteiger partial charge in [0.15, 0.2) is 11.7 Å². The standard InChI is InChI=1S/C27H33N3O2/c1-20-10-8-9-17-30(20)19-24-14-7-6-13-23(24)18-28-25(31)15-16-26-29-21(2)27(32-26)22-11-4-3-5-12-22/h3-7,11-14,20H,8-10,15-19H2,1-2H3,(H,28,31). The molecule has 1 aliphatic heterocycles. The number of nitrogens with one attached hydrogen (secondary N) is 1. The Labute approximate surface area is 190 Å². The number of carbonyl (C=O) groups is 1. The number of aromatic nitrogens is 1. The van der Waals surface area contributed by atoms with Crippen molar-refractivity contribution in [2.45, 2.75) is 65.1 Å². The summed E-state index contributed by atoms with van der Waals surface area (Å²) in [5, 5.41) is 3.08. The molecule has 1 unspecified atom stereocenters. The first-order valence-corrected chi connectivity index (χ1v) is 11.7. The molecule has 32 heavy (non-hydrogen) atoms. The maximum absolute atomic E-state index is 12.5. The van der Waals surface area contributed by atoms with Crippen LogP contribution in [0.5, 0.6) is 0 Å². The minimum Gasteiger partial charge on any atom is -0.440 e. The number of carbonyl (C=O) groups excluding carboxylic acids is 1. The van der Waals surface area contributed by atoms with Crippen LogP contribution < -0.4 is 5.32 Å². The number of hydrogen-bond donors (Lipinski definition) is 1. The van der Waals surface area contributed by atoms with Crippen molar-refractivity contribution in [1.82, 2.24) is 15.2 Å². The molecule has 5 heteroatoms. The van der Waals surface area contributed by atoms with Crippen molar-refractivity contribution in [2.75, 3.05) is 6.54 Å². The molecule has 168 valence electrons. The molecule has 1 amide bonds. The zero-order chi connectivity index (χ0) is 22.3. The van der Waals surface area contributed by atoms with Gasteiger partial charge in [0, 0.05) is 37.5 Å². The van der Waals surface area contributed by atoms with Crippen LogP contribution in [0, 0.1) is 6.92 Å². The van der Waals surface area contributed by atoms with Crippen molar-refractivity contribution in [1.29, 1.82) is 0 Å². The molecule has 3 aromatic rings. The Morgan fingerprint density at radius 2 is 1.84 bits per heavy atom. The van der Waals surface area contributed by atoms with Gasteiger partial charge in [0.05, 0.1) is 5.69 Å². The highest BCUT2D eigenvalue weighted by molar-refractivity contribution is 5.76. The Balaban J connectivity index is 1.30. The fraction of sp³-hybridized carbons (Fsp3) is 0.407. The number of benzene rings is 2. The number of likely N-dealkylation sites (tertiary alicyclic amines) is 1. The number of nitrogens with zero attached hydrogens (tertiary/aromatic N) is 2. The summed E-state index contributed by atoms with van der Waals surface area (Å²) in [6.45, 7) is 6.91. The number of rotatable bonds is 8. The van der Waals surface area contributed by atoms with Crippen molar-refractivity contribution in [3.05, 3.63) is 77.3 Å². The lowest BCUT2D eigenvalue weighted by Crippen LogP contribution is -2.37. The molecule has 1 N–H and O–H groups in total. The van der Waals surface area contributed by atoms with E-state index in [1.54, 1.807) is 0 Å². The van der Waals surface area contributed by atoms with Crippen LogP contribution >= 0.6 is 0 Å². The van der Waals surface area contributed by atoms with Gasteiger partial charge < -0.3 is 9.73 Å². The number of aryl methyl sites for hydroxylation is 2. The third-order valence-corrected chi connectivity index (χ3v) is 6.35. The van der Waals surface area contributed by atoms with Gasteiger partial charge in [-0.1, -0.05) is 61.0 Å². The second-order valence-corrected chi connectivity index (χ2v) is 8.75. The average molecular weight is 432 g/mol. The molecule has 0 spiro atoms. The van der Waals surface area contributed by atoms with Crippen LogP contribution in [0.25, 0.3) is 11.3 Å². The van der Waals surface area contributed by atoms with Crippen molar-refractivity contribution in [2.24, 2.45) is 0 Å². The molecule has 1 aromatic heterocycles. The zero-order valence-electron chi connectivity index (χ0n) is 19.1. The second-order valence-electron chi connectivity index (χ2n) is 8.75. The van der Waals surface area contributed by atoms with E-state index >= 15 is 0 Å². The molecule has 4 rings (SSSR count). The first kappa shape index (κ1) is 22.3. The molecule has 1 atom stereocenters. The van der Waals surface area contributed by atoms with Gasteiger partial charge in [-0.05, 0) is 44.4 Å². The van der Waals surface area contributed by atoms with Crippen LogP contribution in [0.1, 0.15) is 55.3 Å². The molecule has 1 aliphatic rings. The number of amides is 1. The van der Waals surface area contributed by atoms with E-state index in [0.717, 1.165) is 30.1 Å². The molecular formula is C27H33N3O2. The van der Waals surface area contributed by atoms with E-state index in [-0.39, 0.29) is 5.91 Å². The Hall–Kier alpha value is -2.92. The lowest BCUT2D eigenvalue weighted by atomic mass is 10.0. The van der Waals surface area contributed by atoms with E-state index in [1.165, 1.54) is 30.4 Å². The predicted molar refractivity (Wildman–Crippen MR) is 127 cm³/mol. The smallest absolute Gasteiger partial charge is 0.220 e. The summed E-state index contributed by atoms with van der Waals surface area (Å²) < 4.78 is 5.93. The second kappa shape index (κ2) is 10.6. The summed E-state index contributed by atoms with van der Waals surface area (Å²) in [5.74, 6) is 1.40. The number of piperidine rings is 1. The highest BCUT2D eigenvalue weighted by Crippen LogP contribution is 2.25. The lowest BCUT2D eigenvalue weighted by molar-refractivity contribution is -0.121. The summed E-state index contributed by atoms with van der Waals surface area (Å²) in [4.78, 5) is 19.6. The summed E-state index contributed by atoms with van der Waals surface area (Å²) in [6.07, 6.45) is 4.72. The van der Waals surface area contributed by atoms with Crippen LogP contribution in [0.15, 0.2) is 59.0 Å². The molecule has 0 radical (unpaired) electrons. The van der Waals surface area contributed by atoms with E-state index in [2.05, 4.69) is 40.3 Å². The van der Waals surface area contributed by atoms with Crippen molar-refractivity contribution in [3.8, 4) is 11.3 Å². The number of oxazole rings is 1. The van der Waals surface area contributed by atoms with E-state index in [4.69, 9.17) is 4.42 Å². The molecule has 5 nitrogen and oxygen atoms in total. The topological polar surface area (TPSA) is 58.4 Å². The van der Waals surface area contributed by atoms with Gasteiger partial charge in [-0.15, -0.1) is 0 Å². The van der Waals surface area contributed by atoms with Gasteiger partial charge in [-0.25, -0.2) is 4.98 Å². The first-order chi connectivity index (χ1) is 15.6. The Kier molecular flexibility index (Phi) is 7.38. The molecule has 2 heterocycles. The molecule has 1 saturated heterocycles. The Morgan fingerprint density at radius 1 is 1.09 bits per heavy atom. The normalized spacial score (nSPS) is 16.8. The van der Waals surface area contributed by atoms with Crippen LogP contribution in [-0.4, -0.2) is 28.4 Å². The highest BCUT2D eigenvalue weighted by Gasteiger charge is 2.19.